The van der Waals surface area contributed by atoms with Crippen molar-refractivity contribution in [3.05, 3.63) is 40.3 Å². The van der Waals surface area contributed by atoms with Gasteiger partial charge in [0.1, 0.15) is 5.82 Å². The maximum atomic E-state index is 13.5. The molecule has 2 rings (SSSR count). The summed E-state index contributed by atoms with van der Waals surface area (Å²) in [6.45, 7) is 1.06. The lowest BCUT2D eigenvalue weighted by atomic mass is 10.3. The Hall–Kier alpha value is -1.64. The molecular formula is C11H11ClFN3O3S. The number of halogens is 2. The number of H-pyrrole nitrogens is 1. The van der Waals surface area contributed by atoms with Gasteiger partial charge in [-0.1, -0.05) is 11.6 Å². The lowest BCUT2D eigenvalue weighted by Gasteiger charge is -2.08. The number of aliphatic hydroxyl groups is 1. The van der Waals surface area contributed by atoms with Crippen LogP contribution in [0.15, 0.2) is 23.2 Å². The molecule has 0 amide bonds. The van der Waals surface area contributed by atoms with Crippen molar-refractivity contribution in [1.82, 2.24) is 10.2 Å². The molecule has 3 N–H and O–H groups in total. The highest BCUT2D eigenvalue weighted by Crippen LogP contribution is 2.24. The molecule has 9 heteroatoms. The lowest BCUT2D eigenvalue weighted by molar-refractivity contribution is 0.277. The fraction of sp³-hybridized carbons (Fsp3) is 0.182. The van der Waals surface area contributed by atoms with Crippen LogP contribution in [0.2, 0.25) is 5.02 Å². The average Bonchev–Trinajstić information content (AvgIpc) is 2.75. The van der Waals surface area contributed by atoms with Crippen LogP contribution >= 0.6 is 11.6 Å². The molecule has 20 heavy (non-hydrogen) atoms. The van der Waals surface area contributed by atoms with E-state index in [2.05, 4.69) is 14.9 Å². The molecule has 1 aromatic heterocycles. The number of anilines is 1. The van der Waals surface area contributed by atoms with Gasteiger partial charge in [0.25, 0.3) is 10.0 Å². The van der Waals surface area contributed by atoms with Gasteiger partial charge in [-0.2, -0.15) is 13.5 Å². The number of aryl methyl sites for hydroxylation is 1. The molecule has 0 spiro atoms. The van der Waals surface area contributed by atoms with Crippen molar-refractivity contribution in [3.8, 4) is 0 Å². The van der Waals surface area contributed by atoms with Crippen molar-refractivity contribution in [2.75, 3.05) is 4.72 Å². The van der Waals surface area contributed by atoms with E-state index < -0.39 is 22.4 Å². The molecule has 0 atom stereocenters. The van der Waals surface area contributed by atoms with E-state index in [9.17, 15) is 12.8 Å². The Bertz CT molecular complexity index is 745. The van der Waals surface area contributed by atoms with Crippen molar-refractivity contribution < 1.29 is 17.9 Å². The van der Waals surface area contributed by atoms with Gasteiger partial charge in [0.15, 0.2) is 0 Å². The highest BCUT2D eigenvalue weighted by atomic mass is 35.5. The van der Waals surface area contributed by atoms with Crippen LogP contribution in [0.5, 0.6) is 0 Å². The number of aliphatic hydroxyl groups excluding tert-OH is 1. The van der Waals surface area contributed by atoms with Gasteiger partial charge < -0.3 is 5.11 Å². The summed E-state index contributed by atoms with van der Waals surface area (Å²) >= 11 is 5.69. The van der Waals surface area contributed by atoms with Crippen LogP contribution in [0.4, 0.5) is 10.1 Å². The summed E-state index contributed by atoms with van der Waals surface area (Å²) in [5.74, 6) is -0.768. The third-order valence-electron chi connectivity index (χ3n) is 2.62. The second-order valence-electron chi connectivity index (χ2n) is 4.02. The first-order valence-corrected chi connectivity index (χ1v) is 7.34. The van der Waals surface area contributed by atoms with E-state index in [-0.39, 0.29) is 21.3 Å². The zero-order chi connectivity index (χ0) is 14.9. The third-order valence-corrected chi connectivity index (χ3v) is 4.19. The quantitative estimate of drug-likeness (QED) is 0.801. The van der Waals surface area contributed by atoms with Crippen LogP contribution in [0.1, 0.15) is 11.3 Å². The fourth-order valence-corrected chi connectivity index (χ4v) is 3.03. The summed E-state index contributed by atoms with van der Waals surface area (Å²) in [7, 11) is -4.13. The Morgan fingerprint density at radius 3 is 2.85 bits per heavy atom. The Kier molecular flexibility index (Phi) is 3.98. The predicted octanol–water partition coefficient (Wildman–Crippen LogP) is 1.80. The fourth-order valence-electron chi connectivity index (χ4n) is 1.61. The number of rotatable bonds is 4. The van der Waals surface area contributed by atoms with Crippen molar-refractivity contribution in [2.24, 2.45) is 0 Å². The molecular weight excluding hydrogens is 309 g/mol. The van der Waals surface area contributed by atoms with Crippen LogP contribution in [-0.4, -0.2) is 23.7 Å². The number of sulfonamides is 1. The molecule has 1 aromatic carbocycles. The molecule has 0 aliphatic carbocycles. The Labute approximate surface area is 119 Å². The predicted molar refractivity (Wildman–Crippen MR) is 71.5 cm³/mol. The topological polar surface area (TPSA) is 95.1 Å². The van der Waals surface area contributed by atoms with E-state index in [0.29, 0.717) is 5.69 Å². The first kappa shape index (κ1) is 14.8. The van der Waals surface area contributed by atoms with Gasteiger partial charge in [-0.05, 0) is 25.1 Å². The maximum Gasteiger partial charge on any atom is 0.281 e. The summed E-state index contributed by atoms with van der Waals surface area (Å²) in [5, 5.41) is 15.0. The van der Waals surface area contributed by atoms with Crippen LogP contribution in [0.25, 0.3) is 0 Å². The smallest absolute Gasteiger partial charge is 0.281 e. The van der Waals surface area contributed by atoms with Gasteiger partial charge in [-0.25, -0.2) is 4.39 Å². The molecule has 0 aliphatic rings. The Morgan fingerprint density at radius 2 is 2.20 bits per heavy atom. The van der Waals surface area contributed by atoms with E-state index in [1.54, 1.807) is 6.92 Å². The second kappa shape index (κ2) is 5.39. The van der Waals surface area contributed by atoms with Gasteiger partial charge in [0, 0.05) is 16.3 Å². The highest BCUT2D eigenvalue weighted by Gasteiger charge is 2.24. The standard InChI is InChI=1S/C11H11ClFN3O3S/c1-6-8(5-17)11(15-14-6)20(18,19)16-10-4-7(12)2-3-9(10)13/h2-4,16-17H,5H2,1H3,(H,14,15). The summed E-state index contributed by atoms with van der Waals surface area (Å²) in [4.78, 5) is 0. The monoisotopic (exact) mass is 319 g/mol. The second-order valence-corrected chi connectivity index (χ2v) is 6.05. The molecule has 0 aliphatic heterocycles. The number of nitrogens with zero attached hydrogens (tertiary/aromatic N) is 1. The molecule has 0 fully saturated rings. The molecule has 0 bridgehead atoms. The van der Waals surface area contributed by atoms with Crippen LogP contribution in [0.3, 0.4) is 0 Å². The third kappa shape index (κ3) is 2.77. The highest BCUT2D eigenvalue weighted by molar-refractivity contribution is 7.92. The van der Waals surface area contributed by atoms with E-state index >= 15 is 0 Å². The number of nitrogens with one attached hydrogen (secondary N) is 2. The first-order chi connectivity index (χ1) is 9.35. The first-order valence-electron chi connectivity index (χ1n) is 5.47. The van der Waals surface area contributed by atoms with Crippen LogP contribution < -0.4 is 4.72 Å². The number of hydrogen-bond donors (Lipinski definition) is 3. The maximum absolute atomic E-state index is 13.5. The van der Waals surface area contributed by atoms with Crippen LogP contribution in [0, 0.1) is 12.7 Å². The van der Waals surface area contributed by atoms with E-state index in [1.165, 1.54) is 6.07 Å². The lowest BCUT2D eigenvalue weighted by Crippen LogP contribution is -2.16. The van der Waals surface area contributed by atoms with Crippen molar-refractivity contribution >= 4 is 27.3 Å². The number of aromatic amines is 1. The molecule has 0 unspecified atom stereocenters. The molecule has 1 heterocycles. The van der Waals surface area contributed by atoms with Crippen LogP contribution in [-0.2, 0) is 16.6 Å². The summed E-state index contributed by atoms with van der Waals surface area (Å²) in [6, 6.07) is 3.49. The van der Waals surface area contributed by atoms with Gasteiger partial charge in [-0.15, -0.1) is 0 Å². The molecule has 0 saturated carbocycles. The van der Waals surface area contributed by atoms with Gasteiger partial charge in [0.2, 0.25) is 5.03 Å². The zero-order valence-corrected chi connectivity index (χ0v) is 11.9. The number of benzene rings is 1. The van der Waals surface area contributed by atoms with E-state index in [1.807, 2.05) is 0 Å². The molecule has 2 aromatic rings. The number of hydrogen-bond acceptors (Lipinski definition) is 4. The summed E-state index contributed by atoms with van der Waals surface area (Å²) < 4.78 is 39.9. The summed E-state index contributed by atoms with van der Waals surface area (Å²) in [6.07, 6.45) is 0. The average molecular weight is 320 g/mol. The van der Waals surface area contributed by atoms with Crippen molar-refractivity contribution in [1.29, 1.82) is 0 Å². The SMILES string of the molecule is Cc1[nH]nc(S(=O)(=O)Nc2cc(Cl)ccc2F)c1CO. The van der Waals surface area contributed by atoms with Gasteiger partial charge in [0.05, 0.1) is 12.3 Å². The Balaban J connectivity index is 2.43. The van der Waals surface area contributed by atoms with E-state index in [0.717, 1.165) is 12.1 Å². The molecule has 108 valence electrons. The van der Waals surface area contributed by atoms with Crippen molar-refractivity contribution in [2.45, 2.75) is 18.6 Å². The minimum Gasteiger partial charge on any atom is -0.392 e. The zero-order valence-electron chi connectivity index (χ0n) is 10.3. The van der Waals surface area contributed by atoms with Gasteiger partial charge >= 0.3 is 0 Å². The Morgan fingerprint density at radius 1 is 1.50 bits per heavy atom. The normalized spacial score (nSPS) is 11.6. The minimum atomic E-state index is -4.13. The molecule has 0 saturated heterocycles. The van der Waals surface area contributed by atoms with Gasteiger partial charge in [-0.3, -0.25) is 9.82 Å². The molecule has 0 radical (unpaired) electrons. The summed E-state index contributed by atoms with van der Waals surface area (Å²) in [5.41, 5.74) is 0.251. The number of aromatic nitrogens is 2. The largest absolute Gasteiger partial charge is 0.392 e. The van der Waals surface area contributed by atoms with Crippen molar-refractivity contribution in [3.63, 3.8) is 0 Å². The molecule has 6 nitrogen and oxygen atoms in total. The van der Waals surface area contributed by atoms with E-state index in [4.69, 9.17) is 16.7 Å². The minimum absolute atomic E-state index is 0.125.